The zero-order chi connectivity index (χ0) is 20.1. The zero-order valence-corrected chi connectivity index (χ0v) is 16.4. The molecule has 1 aromatic carbocycles. The Morgan fingerprint density at radius 1 is 1.32 bits per heavy atom. The topological polar surface area (TPSA) is 108 Å². The van der Waals surface area contributed by atoms with Crippen molar-refractivity contribution in [1.82, 2.24) is 9.88 Å². The van der Waals surface area contributed by atoms with Crippen LogP contribution in [0.5, 0.6) is 5.75 Å². The Kier molecular flexibility index (Phi) is 6.20. The molecule has 1 saturated heterocycles. The first-order chi connectivity index (χ1) is 13.5. The molecule has 1 fully saturated rings. The Labute approximate surface area is 168 Å². The largest absolute Gasteiger partial charge is 0.495 e. The SMILES string of the molecule is COc1cc(N2CCN(C(=O)CNc3nc(N)ccc3C=N)CC2)ccc1Cl. The Morgan fingerprint density at radius 2 is 2.07 bits per heavy atom. The van der Waals surface area contributed by atoms with E-state index in [0.717, 1.165) is 18.8 Å². The van der Waals surface area contributed by atoms with Crippen molar-refractivity contribution < 1.29 is 9.53 Å². The first-order valence-corrected chi connectivity index (χ1v) is 9.26. The second-order valence-corrected chi connectivity index (χ2v) is 6.77. The van der Waals surface area contributed by atoms with Crippen molar-refractivity contribution in [3.63, 3.8) is 0 Å². The van der Waals surface area contributed by atoms with Gasteiger partial charge in [0.05, 0.1) is 18.7 Å². The van der Waals surface area contributed by atoms with Crippen molar-refractivity contribution in [1.29, 1.82) is 5.41 Å². The summed E-state index contributed by atoms with van der Waals surface area (Å²) in [5.41, 5.74) is 7.29. The number of ether oxygens (including phenoxy) is 1. The number of amides is 1. The van der Waals surface area contributed by atoms with Gasteiger partial charge in [-0.25, -0.2) is 4.98 Å². The van der Waals surface area contributed by atoms with E-state index in [2.05, 4.69) is 15.2 Å². The molecule has 1 aromatic heterocycles. The molecule has 3 rings (SSSR count). The highest BCUT2D eigenvalue weighted by Crippen LogP contribution is 2.29. The number of carbonyl (C=O) groups excluding carboxylic acids is 1. The maximum Gasteiger partial charge on any atom is 0.242 e. The molecule has 2 aromatic rings. The standard InChI is InChI=1S/C19H23ClN6O2/c1-28-16-10-14(3-4-15(16)20)25-6-8-26(9-7-25)18(27)12-23-19-13(11-21)2-5-17(22)24-19/h2-5,10-11,21H,6-9,12H2,1H3,(H3,22,23,24). The molecule has 0 bridgehead atoms. The summed E-state index contributed by atoms with van der Waals surface area (Å²) >= 11 is 6.09. The summed E-state index contributed by atoms with van der Waals surface area (Å²) in [6.45, 7) is 2.78. The number of halogens is 1. The van der Waals surface area contributed by atoms with Crippen molar-refractivity contribution >= 4 is 41.0 Å². The molecule has 2 heterocycles. The first-order valence-electron chi connectivity index (χ1n) is 8.89. The lowest BCUT2D eigenvalue weighted by Crippen LogP contribution is -2.50. The number of aromatic nitrogens is 1. The van der Waals surface area contributed by atoms with Gasteiger partial charge in [0, 0.05) is 49.7 Å². The second kappa shape index (κ2) is 8.79. The zero-order valence-electron chi connectivity index (χ0n) is 15.6. The first kappa shape index (κ1) is 19.8. The number of nitrogens with zero attached hydrogens (tertiary/aromatic N) is 3. The van der Waals surface area contributed by atoms with E-state index in [1.165, 1.54) is 6.21 Å². The number of piperazine rings is 1. The highest BCUT2D eigenvalue weighted by Gasteiger charge is 2.22. The van der Waals surface area contributed by atoms with Gasteiger partial charge in [-0.05, 0) is 24.3 Å². The van der Waals surface area contributed by atoms with E-state index >= 15 is 0 Å². The van der Waals surface area contributed by atoms with Crippen LogP contribution in [0.4, 0.5) is 17.3 Å². The van der Waals surface area contributed by atoms with Gasteiger partial charge in [0.2, 0.25) is 5.91 Å². The van der Waals surface area contributed by atoms with E-state index in [4.69, 9.17) is 27.5 Å². The van der Waals surface area contributed by atoms with Crippen LogP contribution in [-0.4, -0.2) is 61.8 Å². The highest BCUT2D eigenvalue weighted by atomic mass is 35.5. The summed E-state index contributed by atoms with van der Waals surface area (Å²) in [7, 11) is 1.59. The number of nitrogens with one attached hydrogen (secondary N) is 2. The summed E-state index contributed by atoms with van der Waals surface area (Å²) in [6.07, 6.45) is 1.18. The van der Waals surface area contributed by atoms with Gasteiger partial charge < -0.3 is 31.0 Å². The van der Waals surface area contributed by atoms with Crippen molar-refractivity contribution in [3.05, 3.63) is 40.9 Å². The number of benzene rings is 1. The minimum atomic E-state index is -0.0199. The second-order valence-electron chi connectivity index (χ2n) is 6.36. The van der Waals surface area contributed by atoms with Crippen molar-refractivity contribution in [2.45, 2.75) is 0 Å². The van der Waals surface area contributed by atoms with E-state index in [9.17, 15) is 4.79 Å². The van der Waals surface area contributed by atoms with Crippen LogP contribution in [0, 0.1) is 5.41 Å². The van der Waals surface area contributed by atoms with Gasteiger partial charge >= 0.3 is 0 Å². The third kappa shape index (κ3) is 4.45. The monoisotopic (exact) mass is 402 g/mol. The molecule has 4 N–H and O–H groups in total. The van der Waals surface area contributed by atoms with Gasteiger partial charge in [-0.1, -0.05) is 11.6 Å². The van der Waals surface area contributed by atoms with Crippen LogP contribution in [0.1, 0.15) is 5.56 Å². The molecular formula is C19H23ClN6O2. The van der Waals surface area contributed by atoms with Gasteiger partial charge in [0.1, 0.15) is 17.4 Å². The fraction of sp³-hybridized carbons (Fsp3) is 0.316. The Bertz CT molecular complexity index is 867. The molecule has 1 amide bonds. The van der Waals surface area contributed by atoms with Gasteiger partial charge in [0.15, 0.2) is 0 Å². The predicted molar refractivity (Wildman–Crippen MR) is 112 cm³/mol. The molecule has 0 spiro atoms. The van der Waals surface area contributed by atoms with Crippen LogP contribution >= 0.6 is 11.6 Å². The number of hydrogen-bond acceptors (Lipinski definition) is 7. The number of carbonyl (C=O) groups is 1. The molecule has 0 saturated carbocycles. The molecular weight excluding hydrogens is 380 g/mol. The fourth-order valence-corrected chi connectivity index (χ4v) is 3.27. The Hall–Kier alpha value is -3.00. The maximum atomic E-state index is 12.5. The number of nitrogens with two attached hydrogens (primary N) is 1. The number of nitrogen functional groups attached to an aromatic ring is 1. The molecule has 0 aliphatic carbocycles. The quantitative estimate of drug-likeness (QED) is 0.638. The lowest BCUT2D eigenvalue weighted by Gasteiger charge is -2.36. The normalized spacial score (nSPS) is 13.9. The number of anilines is 3. The van der Waals surface area contributed by atoms with Gasteiger partial charge in [0.25, 0.3) is 0 Å². The average Bonchev–Trinajstić information content (AvgIpc) is 2.72. The van der Waals surface area contributed by atoms with Crippen molar-refractivity contribution in [2.75, 3.05) is 55.8 Å². The van der Waals surface area contributed by atoms with Crippen LogP contribution in [0.2, 0.25) is 5.02 Å². The summed E-state index contributed by atoms with van der Waals surface area (Å²) < 4.78 is 5.27. The molecule has 1 aliphatic heterocycles. The molecule has 0 radical (unpaired) electrons. The Balaban J connectivity index is 1.55. The number of hydrogen-bond donors (Lipinski definition) is 3. The minimum absolute atomic E-state index is 0.0199. The number of rotatable bonds is 6. The smallest absolute Gasteiger partial charge is 0.242 e. The number of methoxy groups -OCH3 is 1. The molecule has 9 heteroatoms. The van der Waals surface area contributed by atoms with Crippen LogP contribution in [-0.2, 0) is 4.79 Å². The molecule has 148 valence electrons. The van der Waals surface area contributed by atoms with Gasteiger partial charge in [-0.2, -0.15) is 0 Å². The number of pyridine rings is 1. The molecule has 28 heavy (non-hydrogen) atoms. The molecule has 0 unspecified atom stereocenters. The minimum Gasteiger partial charge on any atom is -0.495 e. The van der Waals surface area contributed by atoms with E-state index in [1.54, 1.807) is 19.2 Å². The summed E-state index contributed by atoms with van der Waals surface area (Å²) in [4.78, 5) is 20.7. The Morgan fingerprint density at radius 3 is 2.75 bits per heavy atom. The summed E-state index contributed by atoms with van der Waals surface area (Å²) in [5, 5.41) is 11.0. The van der Waals surface area contributed by atoms with E-state index in [1.807, 2.05) is 23.1 Å². The van der Waals surface area contributed by atoms with Crippen molar-refractivity contribution in [2.24, 2.45) is 0 Å². The summed E-state index contributed by atoms with van der Waals surface area (Å²) in [5.74, 6) is 1.40. The fourth-order valence-electron chi connectivity index (χ4n) is 3.07. The van der Waals surface area contributed by atoms with Crippen LogP contribution in [0.25, 0.3) is 0 Å². The van der Waals surface area contributed by atoms with E-state index in [-0.39, 0.29) is 12.5 Å². The highest BCUT2D eigenvalue weighted by molar-refractivity contribution is 6.32. The molecule has 0 atom stereocenters. The third-order valence-corrected chi connectivity index (χ3v) is 4.96. The lowest BCUT2D eigenvalue weighted by molar-refractivity contribution is -0.129. The van der Waals surface area contributed by atoms with Gasteiger partial charge in [-0.3, -0.25) is 4.79 Å². The lowest BCUT2D eigenvalue weighted by atomic mass is 10.2. The molecule has 8 nitrogen and oxygen atoms in total. The van der Waals surface area contributed by atoms with Crippen LogP contribution < -0.4 is 20.7 Å². The van der Waals surface area contributed by atoms with E-state index in [0.29, 0.717) is 41.1 Å². The van der Waals surface area contributed by atoms with Crippen LogP contribution in [0.3, 0.4) is 0 Å². The maximum absolute atomic E-state index is 12.5. The predicted octanol–water partition coefficient (Wildman–Crippen LogP) is 2.08. The van der Waals surface area contributed by atoms with Crippen molar-refractivity contribution in [3.8, 4) is 5.75 Å². The van der Waals surface area contributed by atoms with Crippen LogP contribution in [0.15, 0.2) is 30.3 Å². The van der Waals surface area contributed by atoms with Gasteiger partial charge in [-0.15, -0.1) is 0 Å². The summed E-state index contributed by atoms with van der Waals surface area (Å²) in [6, 6.07) is 9.00. The third-order valence-electron chi connectivity index (χ3n) is 4.64. The van der Waals surface area contributed by atoms with E-state index < -0.39 is 0 Å². The average molecular weight is 403 g/mol. The molecule has 1 aliphatic rings.